The van der Waals surface area contributed by atoms with Gasteiger partial charge in [-0.25, -0.2) is 0 Å². The molecule has 2 rings (SSSR count). The first kappa shape index (κ1) is 15.1. The molecule has 20 heavy (non-hydrogen) atoms. The van der Waals surface area contributed by atoms with Crippen LogP contribution < -0.4 is 4.74 Å². The number of aliphatic hydroxyl groups excluding tert-OH is 1. The maximum atomic E-state index is 10.5. The Morgan fingerprint density at radius 1 is 1.05 bits per heavy atom. The van der Waals surface area contributed by atoms with Crippen LogP contribution >= 0.6 is 15.9 Å². The Kier molecular flexibility index (Phi) is 4.84. The second-order valence-electron chi connectivity index (χ2n) is 4.87. The Bertz CT molecular complexity index is 567. The van der Waals surface area contributed by atoms with Gasteiger partial charge in [-0.3, -0.25) is 0 Å². The van der Waals surface area contributed by atoms with Gasteiger partial charge >= 0.3 is 0 Å². The highest BCUT2D eigenvalue weighted by molar-refractivity contribution is 9.10. The lowest BCUT2D eigenvalue weighted by Crippen LogP contribution is -2.01. The van der Waals surface area contributed by atoms with Crippen molar-refractivity contribution in [3.8, 4) is 5.75 Å². The van der Waals surface area contributed by atoms with E-state index in [0.29, 0.717) is 6.61 Å². The van der Waals surface area contributed by atoms with Gasteiger partial charge < -0.3 is 9.84 Å². The van der Waals surface area contributed by atoms with Crippen molar-refractivity contribution in [2.75, 3.05) is 6.61 Å². The summed E-state index contributed by atoms with van der Waals surface area (Å²) >= 11 is 3.55. The van der Waals surface area contributed by atoms with Crippen molar-refractivity contribution in [1.82, 2.24) is 0 Å². The molecule has 0 spiro atoms. The van der Waals surface area contributed by atoms with Crippen LogP contribution in [0.1, 0.15) is 35.3 Å². The average Bonchev–Trinajstić information content (AvgIpc) is 2.44. The zero-order valence-corrected chi connectivity index (χ0v) is 13.6. The second kappa shape index (κ2) is 6.42. The summed E-state index contributed by atoms with van der Waals surface area (Å²) in [6, 6.07) is 11.6. The molecule has 1 unspecified atom stereocenters. The monoisotopic (exact) mass is 334 g/mol. The molecule has 0 aliphatic heterocycles. The molecular formula is C17H19BrO2. The Labute approximate surface area is 128 Å². The Morgan fingerprint density at radius 3 is 2.10 bits per heavy atom. The molecule has 3 heteroatoms. The third-order valence-corrected chi connectivity index (χ3v) is 4.53. The minimum atomic E-state index is -0.615. The van der Waals surface area contributed by atoms with Gasteiger partial charge in [0.05, 0.1) is 6.61 Å². The number of aliphatic hydroxyl groups is 1. The zero-order valence-electron chi connectivity index (χ0n) is 12.0. The van der Waals surface area contributed by atoms with Gasteiger partial charge in [0.1, 0.15) is 11.9 Å². The average molecular weight is 335 g/mol. The molecular weight excluding hydrogens is 316 g/mol. The van der Waals surface area contributed by atoms with E-state index in [1.54, 1.807) is 0 Å². The van der Waals surface area contributed by atoms with E-state index in [1.165, 1.54) is 0 Å². The van der Waals surface area contributed by atoms with Crippen LogP contribution in [0.15, 0.2) is 40.9 Å². The number of ether oxygens (including phenoxy) is 1. The molecule has 0 radical (unpaired) electrons. The van der Waals surface area contributed by atoms with Gasteiger partial charge in [-0.2, -0.15) is 0 Å². The summed E-state index contributed by atoms with van der Waals surface area (Å²) in [5.41, 5.74) is 4.04. The molecule has 106 valence electrons. The summed E-state index contributed by atoms with van der Waals surface area (Å²) < 4.78 is 6.51. The summed E-state index contributed by atoms with van der Waals surface area (Å²) in [6.07, 6.45) is -0.615. The normalized spacial score (nSPS) is 12.2. The molecule has 0 saturated heterocycles. The van der Waals surface area contributed by atoms with Gasteiger partial charge in [-0.15, -0.1) is 0 Å². The molecule has 0 saturated carbocycles. The van der Waals surface area contributed by atoms with Crippen molar-refractivity contribution in [3.63, 3.8) is 0 Å². The largest absolute Gasteiger partial charge is 0.494 e. The molecule has 2 nitrogen and oxygen atoms in total. The number of benzene rings is 2. The molecule has 1 N–H and O–H groups in total. The maximum absolute atomic E-state index is 10.5. The van der Waals surface area contributed by atoms with E-state index in [4.69, 9.17) is 4.74 Å². The highest BCUT2D eigenvalue weighted by Gasteiger charge is 2.13. The molecule has 2 aromatic carbocycles. The van der Waals surface area contributed by atoms with E-state index in [2.05, 4.69) is 15.9 Å². The van der Waals surface area contributed by atoms with Crippen molar-refractivity contribution in [1.29, 1.82) is 0 Å². The number of hydrogen-bond donors (Lipinski definition) is 1. The van der Waals surface area contributed by atoms with Crippen LogP contribution in [-0.4, -0.2) is 11.7 Å². The molecule has 0 amide bonds. The molecule has 0 bridgehead atoms. The minimum absolute atomic E-state index is 0.615. The van der Waals surface area contributed by atoms with Crippen LogP contribution in [-0.2, 0) is 0 Å². The van der Waals surface area contributed by atoms with E-state index in [-0.39, 0.29) is 0 Å². The topological polar surface area (TPSA) is 29.5 Å². The lowest BCUT2D eigenvalue weighted by atomic mass is 9.98. The highest BCUT2D eigenvalue weighted by atomic mass is 79.9. The minimum Gasteiger partial charge on any atom is -0.494 e. The van der Waals surface area contributed by atoms with E-state index in [1.807, 2.05) is 57.2 Å². The fourth-order valence-corrected chi connectivity index (χ4v) is 2.47. The van der Waals surface area contributed by atoms with Crippen LogP contribution in [0.25, 0.3) is 0 Å². The highest BCUT2D eigenvalue weighted by Crippen LogP contribution is 2.29. The summed E-state index contributed by atoms with van der Waals surface area (Å²) in [4.78, 5) is 0. The van der Waals surface area contributed by atoms with Gasteiger partial charge in [0, 0.05) is 4.47 Å². The number of hydrogen-bond acceptors (Lipinski definition) is 2. The molecule has 0 aromatic heterocycles. The Hall–Kier alpha value is -1.32. The van der Waals surface area contributed by atoms with Crippen LogP contribution in [0.5, 0.6) is 5.75 Å². The van der Waals surface area contributed by atoms with Crippen molar-refractivity contribution in [2.45, 2.75) is 26.9 Å². The SMILES string of the molecule is CCOc1ccc(C(O)c2cc(C)c(Br)c(C)c2)cc1. The summed E-state index contributed by atoms with van der Waals surface area (Å²) in [5, 5.41) is 10.5. The second-order valence-corrected chi connectivity index (χ2v) is 5.67. The van der Waals surface area contributed by atoms with E-state index < -0.39 is 6.10 Å². The number of halogens is 1. The molecule has 0 aliphatic carbocycles. The zero-order chi connectivity index (χ0) is 14.7. The number of rotatable bonds is 4. The molecule has 1 atom stereocenters. The third kappa shape index (κ3) is 3.22. The van der Waals surface area contributed by atoms with Crippen molar-refractivity contribution in [2.24, 2.45) is 0 Å². The lowest BCUT2D eigenvalue weighted by Gasteiger charge is -2.15. The van der Waals surface area contributed by atoms with E-state index >= 15 is 0 Å². The fourth-order valence-electron chi connectivity index (χ4n) is 2.24. The third-order valence-electron chi connectivity index (χ3n) is 3.28. The molecule has 0 aliphatic rings. The van der Waals surface area contributed by atoms with E-state index in [0.717, 1.165) is 32.5 Å². The van der Waals surface area contributed by atoms with E-state index in [9.17, 15) is 5.11 Å². The quantitative estimate of drug-likeness (QED) is 0.888. The Morgan fingerprint density at radius 2 is 1.60 bits per heavy atom. The van der Waals surface area contributed by atoms with Crippen molar-refractivity contribution < 1.29 is 9.84 Å². The van der Waals surface area contributed by atoms with Crippen molar-refractivity contribution >= 4 is 15.9 Å². The number of aryl methyl sites for hydroxylation is 2. The van der Waals surface area contributed by atoms with Gasteiger partial charge in [-0.1, -0.05) is 40.2 Å². The van der Waals surface area contributed by atoms with Crippen LogP contribution in [0, 0.1) is 13.8 Å². The fraction of sp³-hybridized carbons (Fsp3) is 0.294. The van der Waals surface area contributed by atoms with Gasteiger partial charge in [0.2, 0.25) is 0 Å². The van der Waals surface area contributed by atoms with Gasteiger partial charge in [0.15, 0.2) is 0 Å². The van der Waals surface area contributed by atoms with Gasteiger partial charge in [-0.05, 0) is 55.2 Å². The van der Waals surface area contributed by atoms with Gasteiger partial charge in [0.25, 0.3) is 0 Å². The molecule has 2 aromatic rings. The standard InChI is InChI=1S/C17H19BrO2/c1-4-20-15-7-5-13(6-8-15)17(19)14-9-11(2)16(18)12(3)10-14/h5-10,17,19H,4H2,1-3H3. The smallest absolute Gasteiger partial charge is 0.119 e. The first-order valence-electron chi connectivity index (χ1n) is 6.70. The molecule has 0 fully saturated rings. The van der Waals surface area contributed by atoms with Crippen molar-refractivity contribution in [3.05, 3.63) is 63.1 Å². The predicted molar refractivity (Wildman–Crippen MR) is 85.3 cm³/mol. The first-order chi connectivity index (χ1) is 9.52. The van der Waals surface area contributed by atoms with Crippen LogP contribution in [0.3, 0.4) is 0 Å². The lowest BCUT2D eigenvalue weighted by molar-refractivity contribution is 0.220. The first-order valence-corrected chi connectivity index (χ1v) is 7.49. The summed E-state index contributed by atoms with van der Waals surface area (Å²) in [5.74, 6) is 0.826. The molecule has 0 heterocycles. The summed E-state index contributed by atoms with van der Waals surface area (Å²) in [7, 11) is 0. The summed E-state index contributed by atoms with van der Waals surface area (Å²) in [6.45, 7) is 6.67. The Balaban J connectivity index is 2.28. The van der Waals surface area contributed by atoms with Crippen LogP contribution in [0.4, 0.5) is 0 Å². The van der Waals surface area contributed by atoms with Crippen LogP contribution in [0.2, 0.25) is 0 Å². The maximum Gasteiger partial charge on any atom is 0.119 e. The predicted octanol–water partition coefficient (Wildman–Crippen LogP) is 4.55.